The summed E-state index contributed by atoms with van der Waals surface area (Å²) in [6.45, 7) is 7.86. The fourth-order valence-corrected chi connectivity index (χ4v) is 0.633. The van der Waals surface area contributed by atoms with Crippen LogP contribution in [0.5, 0.6) is 0 Å². The van der Waals surface area contributed by atoms with Gasteiger partial charge in [-0.05, 0) is 19.4 Å². The SMILES string of the molecule is C=COC/C=C(\C)C(=O)OCCC. The van der Waals surface area contributed by atoms with E-state index in [1.165, 1.54) is 6.26 Å². The molecule has 0 bridgehead atoms. The normalized spacial score (nSPS) is 10.8. The van der Waals surface area contributed by atoms with E-state index in [4.69, 9.17) is 9.47 Å². The molecule has 74 valence electrons. The van der Waals surface area contributed by atoms with Crippen molar-refractivity contribution in [1.82, 2.24) is 0 Å². The fourth-order valence-electron chi connectivity index (χ4n) is 0.633. The summed E-state index contributed by atoms with van der Waals surface area (Å²) in [6, 6.07) is 0. The van der Waals surface area contributed by atoms with E-state index >= 15 is 0 Å². The summed E-state index contributed by atoms with van der Waals surface area (Å²) < 4.78 is 9.73. The van der Waals surface area contributed by atoms with Crippen molar-refractivity contribution in [2.75, 3.05) is 13.2 Å². The molecule has 3 nitrogen and oxygen atoms in total. The van der Waals surface area contributed by atoms with Gasteiger partial charge in [0.1, 0.15) is 6.61 Å². The largest absolute Gasteiger partial charge is 0.498 e. The van der Waals surface area contributed by atoms with Crippen LogP contribution in [0.15, 0.2) is 24.5 Å². The highest BCUT2D eigenvalue weighted by Gasteiger charge is 2.03. The second-order valence-electron chi connectivity index (χ2n) is 2.52. The van der Waals surface area contributed by atoms with Crippen molar-refractivity contribution in [2.24, 2.45) is 0 Å². The molecule has 0 atom stereocenters. The van der Waals surface area contributed by atoms with E-state index < -0.39 is 0 Å². The summed E-state index contributed by atoms with van der Waals surface area (Å²) in [6.07, 6.45) is 3.84. The van der Waals surface area contributed by atoms with Crippen molar-refractivity contribution >= 4 is 5.97 Å². The summed E-state index contributed by atoms with van der Waals surface area (Å²) >= 11 is 0. The first kappa shape index (κ1) is 11.8. The molecule has 0 aliphatic carbocycles. The maximum absolute atomic E-state index is 11.1. The first-order chi connectivity index (χ1) is 6.22. The number of esters is 1. The highest BCUT2D eigenvalue weighted by Crippen LogP contribution is 1.97. The Morgan fingerprint density at radius 3 is 2.77 bits per heavy atom. The van der Waals surface area contributed by atoms with Gasteiger partial charge in [-0.2, -0.15) is 0 Å². The molecule has 0 rings (SSSR count). The molecule has 0 aromatic rings. The van der Waals surface area contributed by atoms with Crippen LogP contribution in [0.25, 0.3) is 0 Å². The Bertz CT molecular complexity index is 194. The third-order valence-corrected chi connectivity index (χ3v) is 1.36. The Labute approximate surface area is 79.0 Å². The molecule has 0 fully saturated rings. The van der Waals surface area contributed by atoms with Crippen molar-refractivity contribution in [3.05, 3.63) is 24.5 Å². The maximum Gasteiger partial charge on any atom is 0.333 e. The van der Waals surface area contributed by atoms with E-state index in [1.807, 2.05) is 6.92 Å². The monoisotopic (exact) mass is 184 g/mol. The summed E-state index contributed by atoms with van der Waals surface area (Å²) in [5.74, 6) is -0.283. The second-order valence-corrected chi connectivity index (χ2v) is 2.52. The van der Waals surface area contributed by atoms with E-state index in [1.54, 1.807) is 13.0 Å². The fraction of sp³-hybridized carbons (Fsp3) is 0.500. The zero-order valence-corrected chi connectivity index (χ0v) is 8.21. The van der Waals surface area contributed by atoms with Gasteiger partial charge in [0.2, 0.25) is 0 Å². The average molecular weight is 184 g/mol. The van der Waals surface area contributed by atoms with Gasteiger partial charge < -0.3 is 9.47 Å². The third-order valence-electron chi connectivity index (χ3n) is 1.36. The van der Waals surface area contributed by atoms with Gasteiger partial charge in [0.25, 0.3) is 0 Å². The van der Waals surface area contributed by atoms with Crippen molar-refractivity contribution in [3.63, 3.8) is 0 Å². The molecule has 0 unspecified atom stereocenters. The minimum absolute atomic E-state index is 0.283. The molecule has 0 aliphatic rings. The van der Waals surface area contributed by atoms with Crippen LogP contribution in [-0.2, 0) is 14.3 Å². The van der Waals surface area contributed by atoms with Crippen LogP contribution in [0.1, 0.15) is 20.3 Å². The summed E-state index contributed by atoms with van der Waals surface area (Å²) in [5.41, 5.74) is 0.565. The number of hydrogen-bond donors (Lipinski definition) is 0. The van der Waals surface area contributed by atoms with Gasteiger partial charge in [-0.25, -0.2) is 4.79 Å². The topological polar surface area (TPSA) is 35.5 Å². The highest BCUT2D eigenvalue weighted by molar-refractivity contribution is 5.87. The van der Waals surface area contributed by atoms with Crippen molar-refractivity contribution in [2.45, 2.75) is 20.3 Å². The summed E-state index contributed by atoms with van der Waals surface area (Å²) in [7, 11) is 0. The quantitative estimate of drug-likeness (QED) is 0.274. The molecule has 0 N–H and O–H groups in total. The molecule has 0 radical (unpaired) electrons. The predicted molar refractivity (Wildman–Crippen MR) is 51.2 cm³/mol. The molecule has 0 aromatic heterocycles. The molecule has 0 heterocycles. The lowest BCUT2D eigenvalue weighted by molar-refractivity contribution is -0.139. The summed E-state index contributed by atoms with van der Waals surface area (Å²) in [5, 5.41) is 0. The van der Waals surface area contributed by atoms with Crippen LogP contribution >= 0.6 is 0 Å². The lowest BCUT2D eigenvalue weighted by Crippen LogP contribution is -2.07. The molecular weight excluding hydrogens is 168 g/mol. The Morgan fingerprint density at radius 2 is 2.23 bits per heavy atom. The molecule has 0 aromatic carbocycles. The number of carbonyl (C=O) groups excluding carboxylic acids is 1. The minimum atomic E-state index is -0.283. The van der Waals surface area contributed by atoms with Crippen LogP contribution in [0.3, 0.4) is 0 Å². The Balaban J connectivity index is 3.79. The second kappa shape index (κ2) is 7.40. The summed E-state index contributed by atoms with van der Waals surface area (Å²) in [4.78, 5) is 11.1. The minimum Gasteiger partial charge on any atom is -0.498 e. The molecule has 3 heteroatoms. The number of hydrogen-bond acceptors (Lipinski definition) is 3. The van der Waals surface area contributed by atoms with Gasteiger partial charge in [-0.3, -0.25) is 0 Å². The van der Waals surface area contributed by atoms with E-state index in [-0.39, 0.29) is 5.97 Å². The predicted octanol–water partition coefficient (Wildman–Crippen LogP) is 2.05. The highest BCUT2D eigenvalue weighted by atomic mass is 16.5. The lowest BCUT2D eigenvalue weighted by atomic mass is 10.3. The first-order valence-electron chi connectivity index (χ1n) is 4.28. The van der Waals surface area contributed by atoms with Crippen molar-refractivity contribution in [1.29, 1.82) is 0 Å². The third kappa shape index (κ3) is 5.96. The number of rotatable bonds is 6. The number of ether oxygens (including phenoxy) is 2. The zero-order chi connectivity index (χ0) is 10.1. The molecular formula is C10H16O3. The van der Waals surface area contributed by atoms with Crippen molar-refractivity contribution in [3.8, 4) is 0 Å². The van der Waals surface area contributed by atoms with E-state index in [0.29, 0.717) is 18.8 Å². The number of carbonyl (C=O) groups is 1. The van der Waals surface area contributed by atoms with Gasteiger partial charge in [0.15, 0.2) is 0 Å². The molecule has 0 saturated heterocycles. The molecule has 0 spiro atoms. The van der Waals surface area contributed by atoms with Gasteiger partial charge >= 0.3 is 5.97 Å². The van der Waals surface area contributed by atoms with Crippen LogP contribution in [0, 0.1) is 0 Å². The van der Waals surface area contributed by atoms with Crippen LogP contribution in [-0.4, -0.2) is 19.2 Å². The Morgan fingerprint density at radius 1 is 1.54 bits per heavy atom. The maximum atomic E-state index is 11.1. The molecule has 0 aliphatic heterocycles. The van der Waals surface area contributed by atoms with E-state index in [0.717, 1.165) is 6.42 Å². The average Bonchev–Trinajstić information content (AvgIpc) is 2.14. The zero-order valence-electron chi connectivity index (χ0n) is 8.21. The van der Waals surface area contributed by atoms with Gasteiger partial charge in [-0.15, -0.1) is 0 Å². The van der Waals surface area contributed by atoms with E-state index in [2.05, 4.69) is 6.58 Å². The van der Waals surface area contributed by atoms with Gasteiger partial charge in [-0.1, -0.05) is 13.5 Å². The van der Waals surface area contributed by atoms with Crippen LogP contribution in [0.2, 0.25) is 0 Å². The molecule has 0 saturated carbocycles. The molecule has 13 heavy (non-hydrogen) atoms. The van der Waals surface area contributed by atoms with Gasteiger partial charge in [0.05, 0.1) is 12.9 Å². The van der Waals surface area contributed by atoms with E-state index in [9.17, 15) is 4.79 Å². The van der Waals surface area contributed by atoms with Crippen LogP contribution < -0.4 is 0 Å². The van der Waals surface area contributed by atoms with Crippen molar-refractivity contribution < 1.29 is 14.3 Å². The lowest BCUT2D eigenvalue weighted by Gasteiger charge is -2.02. The first-order valence-corrected chi connectivity index (χ1v) is 4.28. The van der Waals surface area contributed by atoms with Crippen LogP contribution in [0.4, 0.5) is 0 Å². The van der Waals surface area contributed by atoms with Gasteiger partial charge in [0, 0.05) is 5.57 Å². The Hall–Kier alpha value is -1.25. The Kier molecular flexibility index (Phi) is 6.69. The molecule has 0 amide bonds. The standard InChI is InChI=1S/C10H16O3/c1-4-7-13-10(11)9(3)6-8-12-5-2/h5-6H,2,4,7-8H2,1,3H3/b9-6+. The smallest absolute Gasteiger partial charge is 0.333 e.